The van der Waals surface area contributed by atoms with Crippen LogP contribution < -0.4 is 0 Å². The number of ether oxygens (including phenoxy) is 3. The van der Waals surface area contributed by atoms with Gasteiger partial charge < -0.3 is 14.2 Å². The Morgan fingerprint density at radius 3 is 2.79 bits per heavy atom. The van der Waals surface area contributed by atoms with Gasteiger partial charge >= 0.3 is 5.97 Å². The summed E-state index contributed by atoms with van der Waals surface area (Å²) >= 11 is 0. The first kappa shape index (κ1) is 16.1. The van der Waals surface area contributed by atoms with Crippen LogP contribution in [0.5, 0.6) is 0 Å². The Kier molecular flexibility index (Phi) is 5.11. The van der Waals surface area contributed by atoms with Crippen LogP contribution in [0.15, 0.2) is 60.7 Å². The number of benzene rings is 1. The average Bonchev–Trinajstić information content (AvgIpc) is 3.15. The van der Waals surface area contributed by atoms with Gasteiger partial charge in [-0.25, -0.2) is 4.79 Å². The molecule has 0 aliphatic carbocycles. The monoisotopic (exact) mass is 325 g/mol. The van der Waals surface area contributed by atoms with Gasteiger partial charge in [0, 0.05) is 6.20 Å². The zero-order valence-corrected chi connectivity index (χ0v) is 13.5. The van der Waals surface area contributed by atoms with Crippen molar-refractivity contribution in [3.63, 3.8) is 0 Å². The maximum Gasteiger partial charge on any atom is 0.340 e. The highest BCUT2D eigenvalue weighted by Gasteiger charge is 2.28. The molecule has 5 heteroatoms. The molecule has 3 rings (SSSR count). The zero-order valence-electron chi connectivity index (χ0n) is 13.5. The van der Waals surface area contributed by atoms with E-state index >= 15 is 0 Å². The van der Waals surface area contributed by atoms with Gasteiger partial charge in [0.1, 0.15) is 12.0 Å². The van der Waals surface area contributed by atoms with Crippen LogP contribution in [0.25, 0.3) is 0 Å². The SMILES string of the molecule is CCOC(=O)c1cccnc1C(Cc1ccccc1)C1=COCO1. The van der Waals surface area contributed by atoms with Crippen molar-refractivity contribution >= 4 is 5.97 Å². The van der Waals surface area contributed by atoms with Gasteiger partial charge in [0.05, 0.1) is 23.8 Å². The number of pyridine rings is 1. The average molecular weight is 325 g/mol. The molecule has 24 heavy (non-hydrogen) atoms. The number of esters is 1. The van der Waals surface area contributed by atoms with Crippen molar-refractivity contribution < 1.29 is 19.0 Å². The lowest BCUT2D eigenvalue weighted by Crippen LogP contribution is -2.16. The van der Waals surface area contributed by atoms with Gasteiger partial charge in [0.2, 0.25) is 6.79 Å². The van der Waals surface area contributed by atoms with Crippen molar-refractivity contribution in [1.82, 2.24) is 4.98 Å². The fourth-order valence-corrected chi connectivity index (χ4v) is 2.69. The van der Waals surface area contributed by atoms with Crippen LogP contribution in [-0.2, 0) is 20.6 Å². The van der Waals surface area contributed by atoms with Gasteiger partial charge in [0.15, 0.2) is 0 Å². The molecule has 2 heterocycles. The smallest absolute Gasteiger partial charge is 0.340 e. The minimum absolute atomic E-state index is 0.183. The molecule has 1 aromatic carbocycles. The third-order valence-corrected chi connectivity index (χ3v) is 3.78. The van der Waals surface area contributed by atoms with E-state index in [1.165, 1.54) is 0 Å². The fraction of sp³-hybridized carbons (Fsp3) is 0.263. The van der Waals surface area contributed by atoms with E-state index in [0.29, 0.717) is 30.0 Å². The molecule has 124 valence electrons. The second kappa shape index (κ2) is 7.64. The van der Waals surface area contributed by atoms with Crippen molar-refractivity contribution in [2.24, 2.45) is 0 Å². The molecule has 0 amide bonds. The minimum Gasteiger partial charge on any atom is -0.462 e. The number of aromatic nitrogens is 1. The van der Waals surface area contributed by atoms with Gasteiger partial charge in [-0.3, -0.25) is 4.98 Å². The molecule has 1 unspecified atom stereocenters. The van der Waals surface area contributed by atoms with E-state index in [4.69, 9.17) is 14.2 Å². The number of rotatable bonds is 6. The Balaban J connectivity index is 1.98. The third-order valence-electron chi connectivity index (χ3n) is 3.78. The van der Waals surface area contributed by atoms with Crippen LogP contribution in [0.3, 0.4) is 0 Å². The van der Waals surface area contributed by atoms with Crippen LogP contribution in [-0.4, -0.2) is 24.4 Å². The lowest BCUT2D eigenvalue weighted by atomic mass is 9.91. The Morgan fingerprint density at radius 1 is 1.25 bits per heavy atom. The van der Waals surface area contributed by atoms with E-state index < -0.39 is 0 Å². The quantitative estimate of drug-likeness (QED) is 0.762. The Hall–Kier alpha value is -2.82. The molecule has 1 aliphatic heterocycles. The van der Waals surface area contributed by atoms with Gasteiger partial charge in [-0.15, -0.1) is 0 Å². The summed E-state index contributed by atoms with van der Waals surface area (Å²) in [6.07, 6.45) is 3.92. The lowest BCUT2D eigenvalue weighted by Gasteiger charge is -2.19. The van der Waals surface area contributed by atoms with E-state index in [9.17, 15) is 4.79 Å². The predicted molar refractivity (Wildman–Crippen MR) is 88.2 cm³/mol. The number of carbonyl (C=O) groups is 1. The Labute approximate surface area is 140 Å². The first-order valence-corrected chi connectivity index (χ1v) is 7.90. The van der Waals surface area contributed by atoms with E-state index in [1.807, 2.05) is 30.3 Å². The molecule has 1 aromatic heterocycles. The van der Waals surface area contributed by atoms with Crippen molar-refractivity contribution in [1.29, 1.82) is 0 Å². The van der Waals surface area contributed by atoms with Gasteiger partial charge in [-0.2, -0.15) is 0 Å². The fourth-order valence-electron chi connectivity index (χ4n) is 2.69. The molecule has 1 atom stereocenters. The van der Waals surface area contributed by atoms with Gasteiger partial charge in [0.25, 0.3) is 0 Å². The minimum atomic E-state index is -0.377. The first-order chi connectivity index (χ1) is 11.8. The normalized spacial score (nSPS) is 14.3. The molecule has 1 aliphatic rings. The van der Waals surface area contributed by atoms with Crippen molar-refractivity contribution in [2.45, 2.75) is 19.3 Å². The van der Waals surface area contributed by atoms with E-state index in [2.05, 4.69) is 4.98 Å². The van der Waals surface area contributed by atoms with Crippen LogP contribution in [0.1, 0.15) is 34.5 Å². The summed E-state index contributed by atoms with van der Waals surface area (Å²) in [5.41, 5.74) is 2.22. The number of nitrogens with zero attached hydrogens (tertiary/aromatic N) is 1. The second-order valence-electron chi connectivity index (χ2n) is 5.35. The number of hydrogen-bond acceptors (Lipinski definition) is 5. The van der Waals surface area contributed by atoms with Crippen molar-refractivity contribution in [3.05, 3.63) is 77.5 Å². The Morgan fingerprint density at radius 2 is 2.08 bits per heavy atom. The highest BCUT2D eigenvalue weighted by Crippen LogP contribution is 2.32. The highest BCUT2D eigenvalue weighted by molar-refractivity contribution is 5.90. The molecule has 0 fully saturated rings. The third kappa shape index (κ3) is 3.56. The summed E-state index contributed by atoms with van der Waals surface area (Å²) in [6.45, 7) is 2.28. The van der Waals surface area contributed by atoms with Crippen LogP contribution in [0.2, 0.25) is 0 Å². The zero-order chi connectivity index (χ0) is 16.8. The standard InChI is InChI=1S/C19H19NO4/c1-2-23-19(21)15-9-6-10-20-18(15)16(17-12-22-13-24-17)11-14-7-4-3-5-8-14/h3-10,12,16H,2,11,13H2,1H3. The second-order valence-corrected chi connectivity index (χ2v) is 5.35. The van der Waals surface area contributed by atoms with E-state index in [0.717, 1.165) is 5.56 Å². The lowest BCUT2D eigenvalue weighted by molar-refractivity contribution is 0.0523. The van der Waals surface area contributed by atoms with E-state index in [1.54, 1.807) is 31.5 Å². The largest absolute Gasteiger partial charge is 0.462 e. The molecule has 2 aromatic rings. The number of allylic oxidation sites excluding steroid dienone is 1. The summed E-state index contributed by atoms with van der Waals surface area (Å²) in [5.74, 6) is 0.0804. The molecule has 0 bridgehead atoms. The topological polar surface area (TPSA) is 57.7 Å². The van der Waals surface area contributed by atoms with E-state index in [-0.39, 0.29) is 18.7 Å². The van der Waals surface area contributed by atoms with Crippen LogP contribution in [0.4, 0.5) is 0 Å². The molecular formula is C19H19NO4. The van der Waals surface area contributed by atoms with Gasteiger partial charge in [-0.1, -0.05) is 30.3 Å². The number of hydrogen-bond donors (Lipinski definition) is 0. The first-order valence-electron chi connectivity index (χ1n) is 7.90. The molecule has 0 saturated heterocycles. The maximum absolute atomic E-state index is 12.3. The van der Waals surface area contributed by atoms with Crippen molar-refractivity contribution in [2.75, 3.05) is 13.4 Å². The van der Waals surface area contributed by atoms with Crippen LogP contribution in [0, 0.1) is 0 Å². The van der Waals surface area contributed by atoms with Gasteiger partial charge in [-0.05, 0) is 31.0 Å². The summed E-state index contributed by atoms with van der Waals surface area (Å²) in [5, 5.41) is 0. The molecule has 0 spiro atoms. The van der Waals surface area contributed by atoms with Crippen LogP contribution >= 0.6 is 0 Å². The highest BCUT2D eigenvalue weighted by atomic mass is 16.7. The Bertz CT molecular complexity index is 727. The molecule has 5 nitrogen and oxygen atoms in total. The summed E-state index contributed by atoms with van der Waals surface area (Å²) in [7, 11) is 0. The predicted octanol–water partition coefficient (Wildman–Crippen LogP) is 3.43. The van der Waals surface area contributed by atoms with Crippen molar-refractivity contribution in [3.8, 4) is 0 Å². The molecular weight excluding hydrogens is 306 g/mol. The molecule has 0 N–H and O–H groups in total. The number of carbonyl (C=O) groups excluding carboxylic acids is 1. The molecule has 0 radical (unpaired) electrons. The summed E-state index contributed by atoms with van der Waals surface area (Å²) in [6, 6.07) is 13.5. The summed E-state index contributed by atoms with van der Waals surface area (Å²) in [4.78, 5) is 16.7. The maximum atomic E-state index is 12.3. The molecule has 0 saturated carbocycles. The summed E-state index contributed by atoms with van der Waals surface area (Å²) < 4.78 is 16.0.